The molecule has 2 atom stereocenters. The minimum absolute atomic E-state index is 0.0400. The summed E-state index contributed by atoms with van der Waals surface area (Å²) in [6.07, 6.45) is 11.8. The van der Waals surface area contributed by atoms with Gasteiger partial charge in [0, 0.05) is 32.2 Å². The maximum Gasteiger partial charge on any atom is 0.167 e. The summed E-state index contributed by atoms with van der Waals surface area (Å²) in [4.78, 5) is 28.0. The number of nitrogens with zero attached hydrogens (tertiary/aromatic N) is 8. The number of nitrogen functional groups attached to an aromatic ring is 2. The highest BCUT2D eigenvalue weighted by atomic mass is 79.9. The minimum atomic E-state index is 0.0400. The average Bonchev–Trinajstić information content (AvgIpc) is 3.96. The summed E-state index contributed by atoms with van der Waals surface area (Å²) in [5, 5.41) is 9.02. The number of halogens is 2. The molecule has 2 aliphatic heterocycles. The van der Waals surface area contributed by atoms with Crippen molar-refractivity contribution in [3.8, 4) is 0 Å². The molecule has 0 bridgehead atoms. The predicted molar refractivity (Wildman–Crippen MR) is 175 cm³/mol. The van der Waals surface area contributed by atoms with Crippen molar-refractivity contribution in [2.75, 3.05) is 37.6 Å². The SMILES string of the molecule is Nc1ncnn2c(C3CCN(C(C(=O)C(C4CC4)N4CCC(c5cc(Br)c6c(N)ncnn56)CC4)C4CC4)CC3)cc(Br)c12. The lowest BCUT2D eigenvalue weighted by molar-refractivity contribution is -0.132. The van der Waals surface area contributed by atoms with Crippen molar-refractivity contribution in [2.45, 2.75) is 75.3 Å². The van der Waals surface area contributed by atoms with E-state index in [1.807, 2.05) is 9.03 Å². The monoisotopic (exact) mass is 724 g/mol. The lowest BCUT2D eigenvalue weighted by atomic mass is 9.87. The number of nitrogens with two attached hydrogens (primary N) is 2. The van der Waals surface area contributed by atoms with Gasteiger partial charge in [-0.1, -0.05) is 0 Å². The number of aromatic nitrogens is 6. The number of hydrogen-bond donors (Lipinski definition) is 2. The van der Waals surface area contributed by atoms with E-state index >= 15 is 0 Å². The van der Waals surface area contributed by atoms with E-state index in [1.165, 1.54) is 49.7 Å². The molecule has 2 aliphatic carbocycles. The minimum Gasteiger partial charge on any atom is -0.382 e. The maximum absolute atomic E-state index is 14.6. The zero-order valence-electron chi connectivity index (χ0n) is 24.7. The molecule has 13 heteroatoms. The molecule has 44 heavy (non-hydrogen) atoms. The Morgan fingerprint density at radius 3 is 1.43 bits per heavy atom. The van der Waals surface area contributed by atoms with Crippen molar-refractivity contribution >= 4 is 60.3 Å². The van der Waals surface area contributed by atoms with E-state index in [0.717, 1.165) is 71.8 Å². The molecule has 2 saturated heterocycles. The maximum atomic E-state index is 14.6. The van der Waals surface area contributed by atoms with Crippen LogP contribution in [0.2, 0.25) is 0 Å². The molecule has 232 valence electrons. The van der Waals surface area contributed by atoms with E-state index in [2.05, 4.69) is 74.0 Å². The van der Waals surface area contributed by atoms with Gasteiger partial charge in [0.15, 0.2) is 17.4 Å². The van der Waals surface area contributed by atoms with Crippen molar-refractivity contribution in [1.82, 2.24) is 39.0 Å². The van der Waals surface area contributed by atoms with E-state index < -0.39 is 0 Å². The molecule has 4 fully saturated rings. The van der Waals surface area contributed by atoms with Crippen LogP contribution < -0.4 is 11.5 Å². The second-order valence-electron chi connectivity index (χ2n) is 13.2. The Bertz CT molecular complexity index is 1590. The number of piperidine rings is 2. The van der Waals surface area contributed by atoms with Crippen molar-refractivity contribution in [3.05, 3.63) is 45.1 Å². The quantitative estimate of drug-likeness (QED) is 0.266. The number of ketones is 1. The molecular weight excluding hydrogens is 688 g/mol. The third-order valence-electron chi connectivity index (χ3n) is 10.5. The zero-order chi connectivity index (χ0) is 30.1. The largest absolute Gasteiger partial charge is 0.382 e. The Morgan fingerprint density at radius 2 is 1.07 bits per heavy atom. The first-order valence-electron chi connectivity index (χ1n) is 16.0. The molecule has 11 nitrogen and oxygen atoms in total. The summed E-state index contributed by atoms with van der Waals surface area (Å²) in [5.74, 6) is 3.21. The Labute approximate surface area is 273 Å². The molecule has 4 aromatic rings. The first kappa shape index (κ1) is 28.8. The number of carbonyl (C=O) groups excluding carboxylic acids is 1. The van der Waals surface area contributed by atoms with Crippen LogP contribution in [0.25, 0.3) is 11.0 Å². The fraction of sp³-hybridized carbons (Fsp3) is 0.581. The molecule has 0 amide bonds. The van der Waals surface area contributed by atoms with Gasteiger partial charge in [-0.15, -0.1) is 0 Å². The number of carbonyl (C=O) groups is 1. The van der Waals surface area contributed by atoms with Crippen LogP contribution in [0.5, 0.6) is 0 Å². The van der Waals surface area contributed by atoms with Gasteiger partial charge < -0.3 is 11.5 Å². The second kappa shape index (κ2) is 11.3. The van der Waals surface area contributed by atoms with Crippen LogP contribution in [0.3, 0.4) is 0 Å². The number of rotatable bonds is 8. The van der Waals surface area contributed by atoms with Crippen molar-refractivity contribution in [1.29, 1.82) is 0 Å². The van der Waals surface area contributed by atoms with Gasteiger partial charge in [-0.2, -0.15) is 10.2 Å². The first-order valence-corrected chi connectivity index (χ1v) is 17.5. The van der Waals surface area contributed by atoms with Gasteiger partial charge in [0.1, 0.15) is 23.7 Å². The Morgan fingerprint density at radius 1 is 0.682 bits per heavy atom. The van der Waals surface area contributed by atoms with Crippen LogP contribution in [0, 0.1) is 11.8 Å². The molecule has 0 aromatic carbocycles. The smallest absolute Gasteiger partial charge is 0.167 e. The standard InChI is InChI=1S/C31H38Br2N10O/c32-21-13-23(42-27(21)30(34)36-15-38-42)17-5-9-40(10-6-17)25(19-1-2-19)29(44)26(20-3-4-20)41-11-7-18(8-12-41)24-14-22(33)28-31(35)37-16-39-43(24)28/h13-20,25-26H,1-12H2,(H2,34,36,38)(H2,35,37,39). The van der Waals surface area contributed by atoms with E-state index in [9.17, 15) is 4.79 Å². The van der Waals surface area contributed by atoms with E-state index in [4.69, 9.17) is 11.5 Å². The number of Topliss-reactive ketones (excluding diaryl/α,β-unsaturated/α-hetero) is 1. The van der Waals surface area contributed by atoms with Crippen LogP contribution in [0.15, 0.2) is 33.7 Å². The normalized spacial score (nSPS) is 22.6. The van der Waals surface area contributed by atoms with Crippen LogP contribution in [-0.4, -0.2) is 83.0 Å². The molecular formula is C31H38Br2N10O. The molecule has 8 rings (SSSR count). The zero-order valence-corrected chi connectivity index (χ0v) is 27.8. The second-order valence-corrected chi connectivity index (χ2v) is 14.9. The van der Waals surface area contributed by atoms with Gasteiger partial charge in [0.25, 0.3) is 0 Å². The van der Waals surface area contributed by atoms with Gasteiger partial charge in [-0.05, 0) is 133 Å². The lowest BCUT2D eigenvalue weighted by Gasteiger charge is -2.42. The molecule has 6 heterocycles. The van der Waals surface area contributed by atoms with Gasteiger partial charge in [0.2, 0.25) is 0 Å². The summed E-state index contributed by atoms with van der Waals surface area (Å²) in [6, 6.07) is 4.37. The third-order valence-corrected chi connectivity index (χ3v) is 11.7. The van der Waals surface area contributed by atoms with E-state index in [1.54, 1.807) is 0 Å². The fourth-order valence-corrected chi connectivity index (χ4v) is 9.25. The van der Waals surface area contributed by atoms with Gasteiger partial charge in [-0.25, -0.2) is 19.0 Å². The molecule has 2 unspecified atom stereocenters. The first-order chi connectivity index (χ1) is 21.4. The van der Waals surface area contributed by atoms with Crippen molar-refractivity contribution in [3.63, 3.8) is 0 Å². The number of hydrogen-bond acceptors (Lipinski definition) is 9. The average molecular weight is 727 g/mol. The summed E-state index contributed by atoms with van der Waals surface area (Å²) < 4.78 is 5.76. The summed E-state index contributed by atoms with van der Waals surface area (Å²) >= 11 is 7.33. The highest BCUT2D eigenvalue weighted by Gasteiger charge is 2.49. The lowest BCUT2D eigenvalue weighted by Crippen LogP contribution is -2.56. The predicted octanol–water partition coefficient (Wildman–Crippen LogP) is 4.65. The highest BCUT2D eigenvalue weighted by Crippen LogP contribution is 2.45. The van der Waals surface area contributed by atoms with Gasteiger partial charge >= 0.3 is 0 Å². The summed E-state index contributed by atoms with van der Waals surface area (Å²) in [5.41, 5.74) is 16.3. The number of likely N-dealkylation sites (tertiary alicyclic amines) is 2. The topological polar surface area (TPSA) is 136 Å². The van der Waals surface area contributed by atoms with Crippen LogP contribution >= 0.6 is 31.9 Å². The van der Waals surface area contributed by atoms with Crippen molar-refractivity contribution < 1.29 is 4.79 Å². The van der Waals surface area contributed by atoms with Crippen LogP contribution in [-0.2, 0) is 4.79 Å². The number of anilines is 2. The van der Waals surface area contributed by atoms with E-state index in [-0.39, 0.29) is 12.1 Å². The Kier molecular flexibility index (Phi) is 7.42. The molecule has 4 aliphatic rings. The highest BCUT2D eigenvalue weighted by molar-refractivity contribution is 9.11. The van der Waals surface area contributed by atoms with E-state index in [0.29, 0.717) is 41.1 Å². The summed E-state index contributed by atoms with van der Waals surface area (Å²) in [6.45, 7) is 3.74. The van der Waals surface area contributed by atoms with Crippen LogP contribution in [0.1, 0.15) is 74.6 Å². The summed E-state index contributed by atoms with van der Waals surface area (Å²) in [7, 11) is 0. The van der Waals surface area contributed by atoms with Gasteiger partial charge in [0.05, 0.1) is 12.1 Å². The molecule has 2 saturated carbocycles. The molecule has 0 radical (unpaired) electrons. The molecule has 4 N–H and O–H groups in total. The third kappa shape index (κ3) is 5.03. The van der Waals surface area contributed by atoms with Gasteiger partial charge in [-0.3, -0.25) is 14.6 Å². The van der Waals surface area contributed by atoms with Crippen molar-refractivity contribution in [2.24, 2.45) is 11.8 Å². The Hall–Kier alpha value is -2.61. The Balaban J connectivity index is 0.965. The van der Waals surface area contributed by atoms with Crippen LogP contribution in [0.4, 0.5) is 11.6 Å². The molecule has 0 spiro atoms. The fourth-order valence-electron chi connectivity index (χ4n) is 8.04. The molecule has 4 aromatic heterocycles. The number of fused-ring (bicyclic) bond motifs is 2.